The number of amidine groups is 1. The fraction of sp³-hybridized carbons (Fsp3) is 0.312. The summed E-state index contributed by atoms with van der Waals surface area (Å²) in [6.07, 6.45) is -3.01. The van der Waals surface area contributed by atoms with Crippen molar-refractivity contribution in [3.05, 3.63) is 90.3 Å². The third-order valence-electron chi connectivity index (χ3n) is 7.19. The van der Waals surface area contributed by atoms with Gasteiger partial charge in [0.25, 0.3) is 0 Å². The lowest BCUT2D eigenvalue weighted by atomic mass is 9.81. The maximum absolute atomic E-state index is 13.2. The summed E-state index contributed by atoms with van der Waals surface area (Å²) >= 11 is 1.61. The lowest BCUT2D eigenvalue weighted by molar-refractivity contribution is -0.274. The van der Waals surface area contributed by atoms with Crippen LogP contribution in [0.4, 0.5) is 18.9 Å². The van der Waals surface area contributed by atoms with Crippen LogP contribution in [0.1, 0.15) is 51.2 Å². The van der Waals surface area contributed by atoms with Gasteiger partial charge >= 0.3 is 6.36 Å². The summed E-state index contributed by atoms with van der Waals surface area (Å²) in [4.78, 5) is 24.2. The first-order valence-corrected chi connectivity index (χ1v) is 14.9. The fourth-order valence-electron chi connectivity index (χ4n) is 4.96. The quantitative estimate of drug-likeness (QED) is 0.204. The molecule has 1 saturated heterocycles. The van der Waals surface area contributed by atoms with E-state index < -0.39 is 11.8 Å². The highest BCUT2D eigenvalue weighted by atomic mass is 32.2. The normalized spacial score (nSPS) is 15.0. The Bertz CT molecular complexity index is 1610. The van der Waals surface area contributed by atoms with Gasteiger partial charge < -0.3 is 9.64 Å². The summed E-state index contributed by atoms with van der Waals surface area (Å²) in [5.74, 6) is 1.22. The highest BCUT2D eigenvalue weighted by Crippen LogP contribution is 2.34. The van der Waals surface area contributed by atoms with E-state index in [4.69, 9.17) is 0 Å². The van der Waals surface area contributed by atoms with Crippen LogP contribution in [0, 0.1) is 0 Å². The van der Waals surface area contributed by atoms with Gasteiger partial charge in [0, 0.05) is 30.0 Å². The Hall–Kier alpha value is -4.12. The molecule has 2 heterocycles. The molecule has 0 saturated carbocycles. The van der Waals surface area contributed by atoms with Crippen LogP contribution in [0.25, 0.3) is 17.1 Å². The number of amides is 1. The molecule has 224 valence electrons. The van der Waals surface area contributed by atoms with Crippen LogP contribution in [-0.4, -0.2) is 44.5 Å². The van der Waals surface area contributed by atoms with E-state index in [1.54, 1.807) is 11.8 Å². The molecule has 1 aliphatic heterocycles. The van der Waals surface area contributed by atoms with Gasteiger partial charge in [-0.25, -0.2) is 9.67 Å². The molecule has 43 heavy (non-hydrogen) atoms. The van der Waals surface area contributed by atoms with Crippen LogP contribution < -0.4 is 9.64 Å². The number of nitrogens with zero attached hydrogens (tertiary/aromatic N) is 5. The number of aliphatic imine (C=N–C) groups is 1. The number of aromatic nitrogens is 3. The number of rotatable bonds is 8. The van der Waals surface area contributed by atoms with Crippen molar-refractivity contribution in [3.8, 4) is 22.8 Å². The number of benzene rings is 3. The molecule has 0 aliphatic carbocycles. The Balaban J connectivity index is 1.26. The van der Waals surface area contributed by atoms with Crippen molar-refractivity contribution in [2.75, 3.05) is 17.2 Å². The number of halogens is 3. The molecule has 0 atom stereocenters. The van der Waals surface area contributed by atoms with E-state index in [0.29, 0.717) is 17.4 Å². The van der Waals surface area contributed by atoms with E-state index >= 15 is 0 Å². The second-order valence-electron chi connectivity index (χ2n) is 11.2. The van der Waals surface area contributed by atoms with Crippen molar-refractivity contribution in [1.29, 1.82) is 0 Å². The third kappa shape index (κ3) is 7.27. The SMILES string of the molecule is CC(C)c1ccccc1N1CCSC1=NC(=O)CC(C)(C)c1ccc(-c2ncn(-c3ccc(OC(F)(F)F)cc3)n2)cc1. The minimum Gasteiger partial charge on any atom is -0.406 e. The van der Waals surface area contributed by atoms with E-state index in [1.807, 2.05) is 50.2 Å². The van der Waals surface area contributed by atoms with E-state index in [0.717, 1.165) is 34.3 Å². The summed E-state index contributed by atoms with van der Waals surface area (Å²) in [5, 5.41) is 5.21. The number of hydrogen-bond donors (Lipinski definition) is 0. The van der Waals surface area contributed by atoms with Crippen molar-refractivity contribution in [1.82, 2.24) is 14.8 Å². The lowest BCUT2D eigenvalue weighted by Gasteiger charge is -2.25. The van der Waals surface area contributed by atoms with E-state index in [9.17, 15) is 18.0 Å². The summed E-state index contributed by atoms with van der Waals surface area (Å²) in [6.45, 7) is 9.18. The highest BCUT2D eigenvalue weighted by Gasteiger charge is 2.31. The lowest BCUT2D eigenvalue weighted by Crippen LogP contribution is -2.27. The van der Waals surface area contributed by atoms with E-state index in [1.165, 1.54) is 40.8 Å². The summed E-state index contributed by atoms with van der Waals surface area (Å²) in [6, 6.07) is 21.4. The van der Waals surface area contributed by atoms with Gasteiger partial charge in [0.05, 0.1) is 5.69 Å². The van der Waals surface area contributed by atoms with Gasteiger partial charge in [0.15, 0.2) is 11.0 Å². The molecule has 1 aromatic heterocycles. The first-order chi connectivity index (χ1) is 20.4. The van der Waals surface area contributed by atoms with Crippen molar-refractivity contribution in [2.24, 2.45) is 4.99 Å². The van der Waals surface area contributed by atoms with Gasteiger partial charge in [0.2, 0.25) is 5.91 Å². The molecular weight excluding hydrogens is 575 g/mol. The summed E-state index contributed by atoms with van der Waals surface area (Å²) in [7, 11) is 0. The van der Waals surface area contributed by atoms with Gasteiger partial charge in [-0.1, -0.05) is 81.9 Å². The second kappa shape index (κ2) is 12.2. The molecule has 5 rings (SSSR count). The number of anilines is 1. The van der Waals surface area contributed by atoms with Gasteiger partial charge in [0.1, 0.15) is 12.1 Å². The molecule has 4 aromatic rings. The third-order valence-corrected chi connectivity index (χ3v) is 8.15. The fourth-order valence-corrected chi connectivity index (χ4v) is 5.92. The Kier molecular flexibility index (Phi) is 8.64. The Morgan fingerprint density at radius 3 is 2.40 bits per heavy atom. The zero-order chi connectivity index (χ0) is 30.8. The molecule has 7 nitrogen and oxygen atoms in total. The molecule has 0 radical (unpaired) electrons. The molecular formula is C32H32F3N5O2S. The van der Waals surface area contributed by atoms with Crippen LogP contribution >= 0.6 is 11.8 Å². The standard InChI is InChI=1S/C32H32F3N5O2S/c1-21(2)26-7-5-6-8-27(26)39-17-18-43-30(39)37-28(41)19-31(3,4)23-11-9-22(10-12-23)29-36-20-40(38-29)24-13-15-25(16-14-24)42-32(33,34)35/h5-16,20-21H,17-19H2,1-4H3. The molecule has 11 heteroatoms. The van der Waals surface area contributed by atoms with E-state index in [2.05, 4.69) is 50.7 Å². The summed E-state index contributed by atoms with van der Waals surface area (Å²) < 4.78 is 42.7. The smallest absolute Gasteiger partial charge is 0.406 e. The first kappa shape index (κ1) is 30.3. The Labute approximate surface area is 252 Å². The van der Waals surface area contributed by atoms with Crippen LogP contribution in [-0.2, 0) is 10.2 Å². The zero-order valence-corrected chi connectivity index (χ0v) is 25.1. The van der Waals surface area contributed by atoms with Gasteiger partial charge in [-0.2, -0.15) is 4.99 Å². The average molecular weight is 608 g/mol. The summed E-state index contributed by atoms with van der Waals surface area (Å²) in [5.41, 5.74) is 4.16. The largest absolute Gasteiger partial charge is 0.573 e. The molecule has 0 spiro atoms. The number of para-hydroxylation sites is 1. The molecule has 0 N–H and O–H groups in total. The minimum atomic E-state index is -4.75. The second-order valence-corrected chi connectivity index (χ2v) is 12.3. The number of hydrogen-bond acceptors (Lipinski definition) is 5. The number of ether oxygens (including phenoxy) is 1. The highest BCUT2D eigenvalue weighted by molar-refractivity contribution is 8.14. The monoisotopic (exact) mass is 607 g/mol. The maximum atomic E-state index is 13.2. The topological polar surface area (TPSA) is 72.6 Å². The van der Waals surface area contributed by atoms with Crippen molar-refractivity contribution < 1.29 is 22.7 Å². The van der Waals surface area contributed by atoms with Crippen LogP contribution in [0.3, 0.4) is 0 Å². The Morgan fingerprint density at radius 1 is 1.02 bits per heavy atom. The molecule has 1 fully saturated rings. The number of thioether (sulfide) groups is 1. The zero-order valence-electron chi connectivity index (χ0n) is 24.3. The molecule has 3 aromatic carbocycles. The predicted molar refractivity (Wildman–Crippen MR) is 164 cm³/mol. The predicted octanol–water partition coefficient (Wildman–Crippen LogP) is 7.76. The minimum absolute atomic E-state index is 0.169. The molecule has 0 bridgehead atoms. The average Bonchev–Trinajstić information content (AvgIpc) is 3.63. The van der Waals surface area contributed by atoms with Gasteiger partial charge in [-0.15, -0.1) is 18.3 Å². The van der Waals surface area contributed by atoms with Gasteiger partial charge in [-0.3, -0.25) is 4.79 Å². The van der Waals surface area contributed by atoms with E-state index in [-0.39, 0.29) is 18.1 Å². The number of carbonyl (C=O) groups is 1. The molecule has 1 aliphatic rings. The Morgan fingerprint density at radius 2 is 1.72 bits per heavy atom. The molecule has 1 amide bonds. The van der Waals surface area contributed by atoms with Crippen molar-refractivity contribution in [3.63, 3.8) is 0 Å². The van der Waals surface area contributed by atoms with Crippen LogP contribution in [0.2, 0.25) is 0 Å². The number of alkyl halides is 3. The molecule has 0 unspecified atom stereocenters. The maximum Gasteiger partial charge on any atom is 0.573 e. The van der Waals surface area contributed by atoms with Gasteiger partial charge in [-0.05, 0) is 52.8 Å². The van der Waals surface area contributed by atoms with Crippen molar-refractivity contribution >= 4 is 28.5 Å². The first-order valence-electron chi connectivity index (χ1n) is 13.9. The number of carbonyl (C=O) groups excluding carboxylic acids is 1. The van der Waals surface area contributed by atoms with Crippen LogP contribution in [0.15, 0.2) is 84.1 Å². The van der Waals surface area contributed by atoms with Crippen molar-refractivity contribution in [2.45, 2.75) is 51.8 Å². The van der Waals surface area contributed by atoms with Crippen LogP contribution in [0.5, 0.6) is 5.75 Å².